The smallest absolute Gasteiger partial charge is 0.270 e. The van der Waals surface area contributed by atoms with E-state index in [-0.39, 0.29) is 5.69 Å². The van der Waals surface area contributed by atoms with Crippen molar-refractivity contribution in [2.75, 3.05) is 6.26 Å². The molecule has 0 aliphatic rings. The maximum Gasteiger partial charge on any atom is 0.270 e. The van der Waals surface area contributed by atoms with Crippen LogP contribution in [0.5, 0.6) is 0 Å². The highest BCUT2D eigenvalue weighted by molar-refractivity contribution is 7.98. The van der Waals surface area contributed by atoms with Crippen LogP contribution in [0, 0.1) is 10.1 Å². The fourth-order valence-electron chi connectivity index (χ4n) is 1.43. The summed E-state index contributed by atoms with van der Waals surface area (Å²) in [6.07, 6.45) is 3.55. The molecule has 0 amide bonds. The van der Waals surface area contributed by atoms with Crippen molar-refractivity contribution in [2.45, 2.75) is 4.90 Å². The van der Waals surface area contributed by atoms with Gasteiger partial charge in [-0.2, -0.15) is 5.10 Å². The molecule has 2 aromatic rings. The Kier molecular flexibility index (Phi) is 2.91. The third-order valence-corrected chi connectivity index (χ3v) is 2.98. The molecule has 0 fully saturated rings. The maximum atomic E-state index is 10.7. The first-order valence-electron chi connectivity index (χ1n) is 4.54. The summed E-state index contributed by atoms with van der Waals surface area (Å²) in [5, 5.41) is 17.3. The minimum Gasteiger partial charge on any atom is -0.278 e. The first kappa shape index (κ1) is 10.7. The minimum atomic E-state index is -0.399. The molecular formula is C10H9N3O2S. The van der Waals surface area contributed by atoms with Gasteiger partial charge in [-0.25, -0.2) is 0 Å². The largest absolute Gasteiger partial charge is 0.278 e. The van der Waals surface area contributed by atoms with Crippen molar-refractivity contribution in [2.24, 2.45) is 0 Å². The van der Waals surface area contributed by atoms with Crippen LogP contribution in [-0.2, 0) is 0 Å². The number of nitrogens with one attached hydrogen (secondary N) is 1. The topological polar surface area (TPSA) is 71.8 Å². The molecule has 0 aliphatic heterocycles. The zero-order valence-corrected chi connectivity index (χ0v) is 9.32. The lowest BCUT2D eigenvalue weighted by molar-refractivity contribution is -0.384. The molecule has 16 heavy (non-hydrogen) atoms. The van der Waals surface area contributed by atoms with E-state index in [0.717, 1.165) is 16.2 Å². The number of nitro benzene ring substituents is 1. The summed E-state index contributed by atoms with van der Waals surface area (Å²) >= 11 is 1.54. The van der Waals surface area contributed by atoms with E-state index in [2.05, 4.69) is 10.2 Å². The lowest BCUT2D eigenvalue weighted by Crippen LogP contribution is -1.90. The van der Waals surface area contributed by atoms with Gasteiger partial charge in [0.2, 0.25) is 0 Å². The molecule has 0 radical (unpaired) electrons. The fraction of sp³-hybridized carbons (Fsp3) is 0.100. The van der Waals surface area contributed by atoms with Gasteiger partial charge in [0.05, 0.1) is 10.6 Å². The van der Waals surface area contributed by atoms with Crippen LogP contribution in [0.3, 0.4) is 0 Å². The Balaban J connectivity index is 2.56. The Morgan fingerprint density at radius 2 is 2.25 bits per heavy atom. The number of benzene rings is 1. The number of hydrogen-bond donors (Lipinski definition) is 1. The highest BCUT2D eigenvalue weighted by Crippen LogP contribution is 2.31. The van der Waals surface area contributed by atoms with E-state index < -0.39 is 4.92 Å². The zero-order valence-electron chi connectivity index (χ0n) is 8.51. The van der Waals surface area contributed by atoms with Gasteiger partial charge in [0.25, 0.3) is 5.69 Å². The number of hydrogen-bond acceptors (Lipinski definition) is 4. The lowest BCUT2D eigenvalue weighted by atomic mass is 10.1. The third-order valence-electron chi connectivity index (χ3n) is 2.18. The van der Waals surface area contributed by atoms with Crippen LogP contribution < -0.4 is 0 Å². The zero-order chi connectivity index (χ0) is 11.5. The van der Waals surface area contributed by atoms with Crippen LogP contribution >= 0.6 is 11.8 Å². The summed E-state index contributed by atoms with van der Waals surface area (Å²) < 4.78 is 0. The van der Waals surface area contributed by atoms with Crippen molar-refractivity contribution in [1.82, 2.24) is 10.2 Å². The fourth-order valence-corrected chi connectivity index (χ4v) is 2.02. The quantitative estimate of drug-likeness (QED) is 0.504. The predicted molar refractivity (Wildman–Crippen MR) is 62.5 cm³/mol. The summed E-state index contributed by atoms with van der Waals surface area (Å²) in [5.41, 5.74) is 1.68. The normalized spacial score (nSPS) is 10.3. The van der Waals surface area contributed by atoms with E-state index in [9.17, 15) is 10.1 Å². The minimum absolute atomic E-state index is 0.0856. The molecule has 1 aromatic heterocycles. The van der Waals surface area contributed by atoms with Crippen LogP contribution in [0.15, 0.2) is 35.4 Å². The van der Waals surface area contributed by atoms with Crippen molar-refractivity contribution >= 4 is 17.4 Å². The maximum absolute atomic E-state index is 10.7. The monoisotopic (exact) mass is 235 g/mol. The van der Waals surface area contributed by atoms with Crippen molar-refractivity contribution in [3.8, 4) is 11.3 Å². The molecule has 0 spiro atoms. The van der Waals surface area contributed by atoms with Gasteiger partial charge in [0, 0.05) is 28.8 Å². The summed E-state index contributed by atoms with van der Waals surface area (Å²) in [6, 6.07) is 6.60. The number of rotatable bonds is 3. The number of H-pyrrole nitrogens is 1. The van der Waals surface area contributed by atoms with Crippen LogP contribution in [-0.4, -0.2) is 21.4 Å². The van der Waals surface area contributed by atoms with Gasteiger partial charge in [-0.3, -0.25) is 15.2 Å². The number of aromatic nitrogens is 2. The van der Waals surface area contributed by atoms with Gasteiger partial charge in [0.1, 0.15) is 0 Å². The number of aromatic amines is 1. The molecule has 0 saturated carbocycles. The molecule has 1 heterocycles. The Morgan fingerprint density at radius 1 is 1.44 bits per heavy atom. The summed E-state index contributed by atoms with van der Waals surface area (Å²) in [4.78, 5) is 11.3. The Hall–Kier alpha value is -1.82. The van der Waals surface area contributed by atoms with Crippen molar-refractivity contribution in [3.63, 3.8) is 0 Å². The average Bonchev–Trinajstić information content (AvgIpc) is 2.81. The molecule has 5 nitrogen and oxygen atoms in total. The Labute approximate surface area is 96.0 Å². The number of nitro groups is 1. The van der Waals surface area contributed by atoms with E-state index >= 15 is 0 Å². The third kappa shape index (κ3) is 1.92. The first-order valence-corrected chi connectivity index (χ1v) is 5.77. The van der Waals surface area contributed by atoms with Gasteiger partial charge in [-0.05, 0) is 18.4 Å². The van der Waals surface area contributed by atoms with Gasteiger partial charge in [-0.15, -0.1) is 11.8 Å². The molecule has 0 saturated heterocycles. The molecule has 6 heteroatoms. The SMILES string of the molecule is CSc1ccc([N+](=O)[O-])cc1-c1ccn[nH]1. The van der Waals surface area contributed by atoms with Crippen LogP contribution in [0.1, 0.15) is 0 Å². The lowest BCUT2D eigenvalue weighted by Gasteiger charge is -2.04. The highest BCUT2D eigenvalue weighted by Gasteiger charge is 2.12. The molecule has 1 aromatic carbocycles. The molecule has 82 valence electrons. The predicted octanol–water partition coefficient (Wildman–Crippen LogP) is 2.71. The summed E-state index contributed by atoms with van der Waals surface area (Å²) in [7, 11) is 0. The Bertz CT molecular complexity index is 511. The van der Waals surface area contributed by atoms with Crippen LogP contribution in [0.2, 0.25) is 0 Å². The van der Waals surface area contributed by atoms with Gasteiger partial charge in [0.15, 0.2) is 0 Å². The van der Waals surface area contributed by atoms with E-state index in [0.29, 0.717) is 0 Å². The van der Waals surface area contributed by atoms with Gasteiger partial charge >= 0.3 is 0 Å². The highest BCUT2D eigenvalue weighted by atomic mass is 32.2. The first-order chi connectivity index (χ1) is 7.72. The van der Waals surface area contributed by atoms with Gasteiger partial charge < -0.3 is 0 Å². The number of nitrogens with zero attached hydrogens (tertiary/aromatic N) is 2. The molecule has 0 unspecified atom stereocenters. The van der Waals surface area contributed by atoms with Gasteiger partial charge in [-0.1, -0.05) is 0 Å². The summed E-state index contributed by atoms with van der Waals surface area (Å²) in [6.45, 7) is 0. The van der Waals surface area contributed by atoms with Crippen LogP contribution in [0.25, 0.3) is 11.3 Å². The molecule has 0 aliphatic carbocycles. The average molecular weight is 235 g/mol. The molecule has 0 bridgehead atoms. The second kappa shape index (κ2) is 4.36. The van der Waals surface area contributed by atoms with E-state index in [1.165, 1.54) is 6.07 Å². The Morgan fingerprint density at radius 3 is 2.81 bits per heavy atom. The van der Waals surface area contributed by atoms with E-state index in [1.807, 2.05) is 6.26 Å². The van der Waals surface area contributed by atoms with Crippen molar-refractivity contribution in [3.05, 3.63) is 40.6 Å². The molecular weight excluding hydrogens is 226 g/mol. The van der Waals surface area contributed by atoms with Crippen molar-refractivity contribution in [1.29, 1.82) is 0 Å². The molecule has 1 N–H and O–H groups in total. The number of non-ortho nitro benzene ring substituents is 1. The van der Waals surface area contributed by atoms with Crippen molar-refractivity contribution < 1.29 is 4.92 Å². The van der Waals surface area contributed by atoms with E-state index in [1.54, 1.807) is 36.2 Å². The standard InChI is InChI=1S/C10H9N3O2S/c1-16-10-3-2-7(13(14)15)6-8(10)9-4-5-11-12-9/h2-6H,1H3,(H,11,12). The van der Waals surface area contributed by atoms with E-state index in [4.69, 9.17) is 0 Å². The second-order valence-corrected chi connectivity index (χ2v) is 3.96. The molecule has 0 atom stereocenters. The summed E-state index contributed by atoms with van der Waals surface area (Å²) in [5.74, 6) is 0. The number of thioether (sulfide) groups is 1. The second-order valence-electron chi connectivity index (χ2n) is 3.11. The molecule has 2 rings (SSSR count). The van der Waals surface area contributed by atoms with Crippen LogP contribution in [0.4, 0.5) is 5.69 Å².